The smallest absolute Gasteiger partial charge is 0.130 e. The number of unbranched alkanes of at least 4 members (excludes halogenated alkanes) is 14. The van der Waals surface area contributed by atoms with Gasteiger partial charge in [0.25, 0.3) is 0 Å². The highest BCUT2D eigenvalue weighted by molar-refractivity contribution is 5.57. The van der Waals surface area contributed by atoms with E-state index in [4.69, 9.17) is 4.98 Å². The van der Waals surface area contributed by atoms with E-state index in [-0.39, 0.29) is 0 Å². The first-order valence-electron chi connectivity index (χ1n) is 14.1. The Balaban J connectivity index is 1.66. The van der Waals surface area contributed by atoms with Crippen LogP contribution < -0.4 is 5.32 Å². The van der Waals surface area contributed by atoms with Gasteiger partial charge in [-0.1, -0.05) is 122 Å². The number of hydrogen-bond donors (Lipinski definition) is 1. The molecule has 0 amide bonds. The molecule has 33 heavy (non-hydrogen) atoms. The summed E-state index contributed by atoms with van der Waals surface area (Å²) < 4.78 is 0. The molecule has 0 atom stereocenters. The van der Waals surface area contributed by atoms with Gasteiger partial charge in [-0.2, -0.15) is 0 Å². The molecule has 0 bridgehead atoms. The highest BCUT2D eigenvalue weighted by Gasteiger charge is 2.02. The molecule has 2 nitrogen and oxygen atoms in total. The second-order valence-electron chi connectivity index (χ2n) is 9.79. The lowest BCUT2D eigenvalue weighted by Gasteiger charge is -2.10. The van der Waals surface area contributed by atoms with Crippen molar-refractivity contribution in [2.24, 2.45) is 0 Å². The number of nitrogens with zero attached hydrogens (tertiary/aromatic N) is 1. The summed E-state index contributed by atoms with van der Waals surface area (Å²) in [6, 6.07) is 15.3. The molecule has 0 saturated heterocycles. The number of nitrogens with one attached hydrogen (secondary N) is 1. The Bertz CT molecular complexity index is 663. The van der Waals surface area contributed by atoms with Gasteiger partial charge in [0, 0.05) is 11.4 Å². The van der Waals surface area contributed by atoms with E-state index >= 15 is 0 Å². The molecule has 1 aromatic heterocycles. The number of hydrogen-bond acceptors (Lipinski definition) is 2. The third kappa shape index (κ3) is 13.5. The first kappa shape index (κ1) is 27.4. The van der Waals surface area contributed by atoms with Crippen LogP contribution in [0.2, 0.25) is 0 Å². The van der Waals surface area contributed by atoms with Crippen LogP contribution in [0.15, 0.2) is 42.5 Å². The van der Waals surface area contributed by atoms with Gasteiger partial charge in [-0.3, -0.25) is 0 Å². The minimum Gasteiger partial charge on any atom is -0.340 e. The lowest BCUT2D eigenvalue weighted by Crippen LogP contribution is -1.98. The van der Waals surface area contributed by atoms with Crippen LogP contribution in [0.25, 0.3) is 0 Å². The van der Waals surface area contributed by atoms with Gasteiger partial charge in [0.15, 0.2) is 0 Å². The van der Waals surface area contributed by atoms with Crippen LogP contribution in [0.5, 0.6) is 0 Å². The van der Waals surface area contributed by atoms with Gasteiger partial charge >= 0.3 is 0 Å². The van der Waals surface area contributed by atoms with Crippen LogP contribution in [0.4, 0.5) is 11.5 Å². The van der Waals surface area contributed by atoms with Crippen molar-refractivity contribution in [2.75, 3.05) is 5.32 Å². The SMILES string of the molecule is CCCCCCCCCCc1cccc(Nc2cccc(CCCCCCCCCC)n2)c1. The maximum atomic E-state index is 4.86. The molecule has 2 heteroatoms. The fraction of sp³-hybridized carbons (Fsp3) is 0.645. The summed E-state index contributed by atoms with van der Waals surface area (Å²) in [7, 11) is 0. The number of benzene rings is 1. The third-order valence-electron chi connectivity index (χ3n) is 6.61. The Morgan fingerprint density at radius 3 is 1.76 bits per heavy atom. The van der Waals surface area contributed by atoms with Crippen molar-refractivity contribution in [3.63, 3.8) is 0 Å². The highest BCUT2D eigenvalue weighted by atomic mass is 15.0. The zero-order valence-corrected chi connectivity index (χ0v) is 21.7. The Kier molecular flexibility index (Phi) is 15.4. The topological polar surface area (TPSA) is 24.9 Å². The maximum absolute atomic E-state index is 4.86. The Morgan fingerprint density at radius 1 is 0.576 bits per heavy atom. The van der Waals surface area contributed by atoms with Crippen molar-refractivity contribution in [1.82, 2.24) is 4.98 Å². The van der Waals surface area contributed by atoms with E-state index in [9.17, 15) is 0 Å². The van der Waals surface area contributed by atoms with Gasteiger partial charge in [0.05, 0.1) is 0 Å². The second-order valence-corrected chi connectivity index (χ2v) is 9.79. The van der Waals surface area contributed by atoms with E-state index < -0.39 is 0 Å². The summed E-state index contributed by atoms with van der Waals surface area (Å²) in [5, 5.41) is 3.53. The molecule has 0 saturated carbocycles. The summed E-state index contributed by atoms with van der Waals surface area (Å²) >= 11 is 0. The van der Waals surface area contributed by atoms with Crippen LogP contribution in [-0.2, 0) is 12.8 Å². The van der Waals surface area contributed by atoms with Crippen molar-refractivity contribution in [3.8, 4) is 0 Å². The van der Waals surface area contributed by atoms with Gasteiger partial charge in [-0.05, 0) is 55.5 Å². The molecule has 0 aliphatic rings. The first-order chi connectivity index (χ1) is 16.3. The normalized spacial score (nSPS) is 11.1. The molecule has 2 aromatic rings. The molecule has 0 aliphatic carbocycles. The van der Waals surface area contributed by atoms with Gasteiger partial charge in [-0.15, -0.1) is 0 Å². The van der Waals surface area contributed by atoms with Crippen LogP contribution in [-0.4, -0.2) is 4.98 Å². The van der Waals surface area contributed by atoms with E-state index in [0.29, 0.717) is 0 Å². The van der Waals surface area contributed by atoms with Crippen molar-refractivity contribution >= 4 is 11.5 Å². The van der Waals surface area contributed by atoms with Gasteiger partial charge < -0.3 is 5.32 Å². The molecule has 0 spiro atoms. The van der Waals surface area contributed by atoms with E-state index in [0.717, 1.165) is 17.9 Å². The second kappa shape index (κ2) is 18.6. The van der Waals surface area contributed by atoms with Crippen LogP contribution >= 0.6 is 0 Å². The Hall–Kier alpha value is -1.83. The zero-order chi connectivity index (χ0) is 23.4. The monoisotopic (exact) mass is 450 g/mol. The molecule has 1 heterocycles. The minimum atomic E-state index is 0.969. The molecular weight excluding hydrogens is 400 g/mol. The maximum Gasteiger partial charge on any atom is 0.130 e. The van der Waals surface area contributed by atoms with Crippen molar-refractivity contribution < 1.29 is 0 Å². The Labute approximate surface area is 205 Å². The van der Waals surface area contributed by atoms with E-state index in [1.807, 2.05) is 0 Å². The van der Waals surface area contributed by atoms with Crippen LogP contribution in [0, 0.1) is 0 Å². The molecule has 2 rings (SSSR count). The molecule has 0 radical (unpaired) electrons. The fourth-order valence-corrected chi connectivity index (χ4v) is 4.54. The van der Waals surface area contributed by atoms with Crippen molar-refractivity contribution in [1.29, 1.82) is 0 Å². The van der Waals surface area contributed by atoms with Crippen LogP contribution in [0.1, 0.15) is 128 Å². The first-order valence-corrected chi connectivity index (χ1v) is 14.1. The van der Waals surface area contributed by atoms with Crippen molar-refractivity contribution in [2.45, 2.75) is 129 Å². The number of aryl methyl sites for hydroxylation is 2. The predicted molar refractivity (Wildman–Crippen MR) is 147 cm³/mol. The quantitative estimate of drug-likeness (QED) is 0.203. The average Bonchev–Trinajstić information content (AvgIpc) is 2.83. The standard InChI is InChI=1S/C31H50N2/c1-3-5-7-9-11-13-15-17-21-28-22-19-25-30(27-28)33-31-26-20-24-29(32-31)23-18-16-14-12-10-8-6-4-2/h19-20,22,24-27H,3-18,21,23H2,1-2H3,(H,32,33). The molecular formula is C31H50N2. The number of pyridine rings is 1. The molecule has 1 N–H and O–H groups in total. The highest BCUT2D eigenvalue weighted by Crippen LogP contribution is 2.19. The lowest BCUT2D eigenvalue weighted by molar-refractivity contribution is 0.574. The summed E-state index contributed by atoms with van der Waals surface area (Å²) in [6.45, 7) is 4.57. The van der Waals surface area contributed by atoms with Gasteiger partial charge in [0.2, 0.25) is 0 Å². The summed E-state index contributed by atoms with van der Waals surface area (Å²) in [4.78, 5) is 4.86. The third-order valence-corrected chi connectivity index (χ3v) is 6.61. The fourth-order valence-electron chi connectivity index (χ4n) is 4.54. The minimum absolute atomic E-state index is 0.969. The van der Waals surface area contributed by atoms with E-state index in [2.05, 4.69) is 61.6 Å². The number of aromatic nitrogens is 1. The molecule has 184 valence electrons. The van der Waals surface area contributed by atoms with Gasteiger partial charge in [-0.25, -0.2) is 4.98 Å². The van der Waals surface area contributed by atoms with Crippen LogP contribution in [0.3, 0.4) is 0 Å². The number of anilines is 2. The average molecular weight is 451 g/mol. The van der Waals surface area contributed by atoms with E-state index in [1.54, 1.807) is 0 Å². The predicted octanol–water partition coefficient (Wildman–Crippen LogP) is 10.2. The molecule has 0 unspecified atom stereocenters. The number of rotatable bonds is 20. The molecule has 0 fully saturated rings. The van der Waals surface area contributed by atoms with Crippen molar-refractivity contribution in [3.05, 3.63) is 53.7 Å². The molecule has 1 aromatic carbocycles. The summed E-state index contributed by atoms with van der Waals surface area (Å²) in [5.74, 6) is 0.969. The largest absolute Gasteiger partial charge is 0.340 e. The van der Waals surface area contributed by atoms with E-state index in [1.165, 1.54) is 120 Å². The van der Waals surface area contributed by atoms with Gasteiger partial charge in [0.1, 0.15) is 5.82 Å². The zero-order valence-electron chi connectivity index (χ0n) is 21.7. The molecule has 0 aliphatic heterocycles. The Morgan fingerprint density at radius 2 is 1.12 bits per heavy atom. The summed E-state index contributed by atoms with van der Waals surface area (Å²) in [5.41, 5.74) is 3.80. The summed E-state index contributed by atoms with van der Waals surface area (Å²) in [6.07, 6.45) is 24.1. The lowest BCUT2D eigenvalue weighted by atomic mass is 10.0.